The Labute approximate surface area is 72.7 Å². The van der Waals surface area contributed by atoms with Crippen LogP contribution in [0.5, 0.6) is 0 Å². The molecule has 1 saturated heterocycles. The van der Waals surface area contributed by atoms with Gasteiger partial charge in [0.25, 0.3) is 0 Å². The molecule has 1 rings (SSSR count). The van der Waals surface area contributed by atoms with E-state index in [2.05, 4.69) is 0 Å². The monoisotopic (exact) mass is 173 g/mol. The molecular weight excluding hydrogens is 159 g/mol. The average Bonchev–Trinajstić information content (AvgIpc) is 2.23. The Hall–Kier alpha value is -0.245. The van der Waals surface area contributed by atoms with Crippen LogP contribution in [0.1, 0.15) is 13.3 Å². The first-order valence-corrected chi connectivity index (χ1v) is 4.17. The second kappa shape index (κ2) is 3.25. The van der Waals surface area contributed by atoms with E-state index in [0.29, 0.717) is 0 Å². The van der Waals surface area contributed by atoms with E-state index in [0.717, 1.165) is 5.46 Å². The van der Waals surface area contributed by atoms with Crippen molar-refractivity contribution >= 4 is 12.4 Å². The molecule has 0 bridgehead atoms. The maximum atomic E-state index is 12.9. The molecule has 12 heavy (non-hydrogen) atoms. The zero-order valence-electron chi connectivity index (χ0n) is 7.77. The predicted octanol–water partition coefficient (Wildman–Crippen LogP) is 1.27. The van der Waals surface area contributed by atoms with Gasteiger partial charge >= 0.3 is 71.8 Å². The third-order valence-electron chi connectivity index (χ3n) is 2.49. The first-order chi connectivity index (χ1) is 5.46. The van der Waals surface area contributed by atoms with Crippen molar-refractivity contribution in [2.24, 2.45) is 0 Å². The molecule has 0 saturated carbocycles. The number of hydrogen-bond donors (Lipinski definition) is 0. The summed E-state index contributed by atoms with van der Waals surface area (Å²) in [4.78, 5) is 1.72. The topological polar surface area (TPSA) is 3.24 Å². The SMILES string of the molecule is CB=C(C)C1CC(F)(F)CN1C. The second-order valence-electron chi connectivity index (χ2n) is 3.52. The Morgan fingerprint density at radius 2 is 2.17 bits per heavy atom. The van der Waals surface area contributed by atoms with E-state index in [9.17, 15) is 8.78 Å². The Morgan fingerprint density at radius 1 is 1.58 bits per heavy atom. The van der Waals surface area contributed by atoms with Crippen LogP contribution in [-0.2, 0) is 0 Å². The Kier molecular flexibility index (Phi) is 2.66. The molecule has 1 fully saturated rings. The molecule has 0 spiro atoms. The van der Waals surface area contributed by atoms with Crippen LogP contribution in [0.3, 0.4) is 0 Å². The van der Waals surface area contributed by atoms with Crippen LogP contribution in [0, 0.1) is 0 Å². The number of alkyl halides is 2. The maximum absolute atomic E-state index is 12.9. The van der Waals surface area contributed by atoms with Crippen LogP contribution >= 0.6 is 0 Å². The standard InChI is InChI=1S/C8H14BF2N/c1-6(9-2)7-4-8(10,11)5-12(7)3/h7H,4-5H2,1-3H3. The summed E-state index contributed by atoms with van der Waals surface area (Å²) in [6.07, 6.45) is -0.0281. The van der Waals surface area contributed by atoms with Crippen LogP contribution < -0.4 is 0 Å². The summed E-state index contributed by atoms with van der Waals surface area (Å²) in [5.74, 6) is -2.50. The fourth-order valence-corrected chi connectivity index (χ4v) is 1.68. The molecule has 0 aromatic rings. The summed E-state index contributed by atoms with van der Waals surface area (Å²) >= 11 is 0. The first kappa shape index (κ1) is 9.84. The van der Waals surface area contributed by atoms with Gasteiger partial charge in [-0.2, -0.15) is 0 Å². The van der Waals surface area contributed by atoms with Gasteiger partial charge in [0.1, 0.15) is 0 Å². The van der Waals surface area contributed by atoms with Crippen molar-refractivity contribution in [3.05, 3.63) is 0 Å². The van der Waals surface area contributed by atoms with E-state index >= 15 is 0 Å². The minimum atomic E-state index is -2.50. The predicted molar refractivity (Wildman–Crippen MR) is 48.3 cm³/mol. The van der Waals surface area contributed by atoms with Crippen molar-refractivity contribution in [2.45, 2.75) is 32.1 Å². The zero-order chi connectivity index (χ0) is 9.35. The summed E-state index contributed by atoms with van der Waals surface area (Å²) in [7, 11) is 1.75. The third-order valence-corrected chi connectivity index (χ3v) is 2.49. The summed E-state index contributed by atoms with van der Waals surface area (Å²) in [5, 5.41) is 0. The summed E-state index contributed by atoms with van der Waals surface area (Å²) in [6.45, 7) is 5.59. The summed E-state index contributed by atoms with van der Waals surface area (Å²) < 4.78 is 25.7. The molecule has 1 aliphatic rings. The van der Waals surface area contributed by atoms with E-state index in [4.69, 9.17) is 0 Å². The zero-order valence-corrected chi connectivity index (χ0v) is 7.77. The van der Waals surface area contributed by atoms with Crippen molar-refractivity contribution in [1.29, 1.82) is 0 Å². The van der Waals surface area contributed by atoms with E-state index in [-0.39, 0.29) is 19.0 Å². The van der Waals surface area contributed by atoms with E-state index in [1.165, 1.54) is 0 Å². The van der Waals surface area contributed by atoms with E-state index < -0.39 is 5.92 Å². The molecule has 0 amide bonds. The van der Waals surface area contributed by atoms with E-state index in [1.54, 1.807) is 11.9 Å². The average molecular weight is 173 g/mol. The summed E-state index contributed by atoms with van der Waals surface area (Å²) in [6, 6.07) is -0.0648. The Balaban J connectivity index is 2.71. The number of halogens is 2. The fraction of sp³-hybridized carbons (Fsp3) is 0.875. The molecular formula is C8H14BF2N. The van der Waals surface area contributed by atoms with Gasteiger partial charge in [0.15, 0.2) is 0 Å². The molecule has 0 aromatic carbocycles. The quantitative estimate of drug-likeness (QED) is 0.539. The van der Waals surface area contributed by atoms with Gasteiger partial charge in [0.05, 0.1) is 0 Å². The molecule has 0 radical (unpaired) electrons. The minimum absolute atomic E-state index is 0.0281. The third kappa shape index (κ3) is 1.92. The van der Waals surface area contributed by atoms with Crippen LogP contribution in [0.2, 0.25) is 6.82 Å². The van der Waals surface area contributed by atoms with Gasteiger partial charge in [0, 0.05) is 0 Å². The molecule has 68 valence electrons. The van der Waals surface area contributed by atoms with Gasteiger partial charge < -0.3 is 0 Å². The van der Waals surface area contributed by atoms with Crippen LogP contribution in [0.4, 0.5) is 8.78 Å². The van der Waals surface area contributed by atoms with Gasteiger partial charge in [0.2, 0.25) is 0 Å². The van der Waals surface area contributed by atoms with Gasteiger partial charge in [-0.25, -0.2) is 0 Å². The molecule has 1 aliphatic heterocycles. The number of likely N-dealkylation sites (tertiary alicyclic amines) is 1. The number of nitrogens with zero attached hydrogens (tertiary/aromatic N) is 1. The van der Waals surface area contributed by atoms with Crippen LogP contribution in [0.15, 0.2) is 0 Å². The van der Waals surface area contributed by atoms with Crippen molar-refractivity contribution in [3.63, 3.8) is 0 Å². The van der Waals surface area contributed by atoms with E-state index in [1.807, 2.05) is 20.7 Å². The van der Waals surface area contributed by atoms with Gasteiger partial charge in [-0.15, -0.1) is 0 Å². The fourth-order valence-electron chi connectivity index (χ4n) is 1.68. The molecule has 1 unspecified atom stereocenters. The van der Waals surface area contributed by atoms with Gasteiger partial charge in [-0.05, 0) is 0 Å². The Morgan fingerprint density at radius 3 is 2.50 bits per heavy atom. The van der Waals surface area contributed by atoms with Crippen LogP contribution in [0.25, 0.3) is 0 Å². The molecule has 0 aromatic heterocycles. The van der Waals surface area contributed by atoms with Crippen molar-refractivity contribution < 1.29 is 8.78 Å². The first-order valence-electron chi connectivity index (χ1n) is 4.17. The van der Waals surface area contributed by atoms with Crippen LogP contribution in [-0.4, -0.2) is 42.8 Å². The molecule has 1 atom stereocenters. The van der Waals surface area contributed by atoms with Crippen molar-refractivity contribution in [1.82, 2.24) is 4.90 Å². The molecule has 1 heterocycles. The second-order valence-corrected chi connectivity index (χ2v) is 3.52. The molecule has 4 heteroatoms. The summed E-state index contributed by atoms with van der Waals surface area (Å²) in [5.41, 5.74) is 1.04. The molecule has 0 N–H and O–H groups in total. The molecule has 1 nitrogen and oxygen atoms in total. The van der Waals surface area contributed by atoms with Gasteiger partial charge in [-0.3, -0.25) is 0 Å². The molecule has 0 aliphatic carbocycles. The van der Waals surface area contributed by atoms with Crippen molar-refractivity contribution in [2.75, 3.05) is 13.6 Å². The van der Waals surface area contributed by atoms with Crippen molar-refractivity contribution in [3.8, 4) is 0 Å². The normalized spacial score (nSPS) is 30.4. The number of hydrogen-bond acceptors (Lipinski definition) is 1. The Bertz CT molecular complexity index is 203. The number of rotatable bonds is 1. The van der Waals surface area contributed by atoms with Gasteiger partial charge in [-0.1, -0.05) is 0 Å².